The van der Waals surface area contributed by atoms with Crippen molar-refractivity contribution in [2.75, 3.05) is 19.8 Å². The first-order valence-corrected chi connectivity index (χ1v) is 10.4. The normalized spacial score (nSPS) is 40.5. The highest BCUT2D eigenvalue weighted by molar-refractivity contribution is 7.92. The number of fused-ring (bicyclic) bond motifs is 1. The molecule has 0 aromatic heterocycles. The highest BCUT2D eigenvalue weighted by Crippen LogP contribution is 2.50. The lowest BCUT2D eigenvalue weighted by Crippen LogP contribution is -2.61. The third kappa shape index (κ3) is 2.40. The van der Waals surface area contributed by atoms with Crippen molar-refractivity contribution in [2.24, 2.45) is 0 Å². The molecule has 4 rings (SSSR count). The number of rotatable bonds is 3. The summed E-state index contributed by atoms with van der Waals surface area (Å²) in [4.78, 5) is -2.28. The van der Waals surface area contributed by atoms with E-state index in [-0.39, 0.29) is 11.5 Å². The first kappa shape index (κ1) is 18.3. The van der Waals surface area contributed by atoms with Crippen LogP contribution in [0.25, 0.3) is 0 Å². The van der Waals surface area contributed by atoms with E-state index in [4.69, 9.17) is 14.2 Å². The molecule has 1 unspecified atom stereocenters. The van der Waals surface area contributed by atoms with Gasteiger partial charge in [-0.15, -0.1) is 0 Å². The van der Waals surface area contributed by atoms with Gasteiger partial charge in [-0.05, 0) is 38.3 Å². The molecule has 3 aliphatic heterocycles. The van der Waals surface area contributed by atoms with Crippen LogP contribution in [0.15, 0.2) is 29.2 Å². The highest BCUT2D eigenvalue weighted by Gasteiger charge is 2.73. The van der Waals surface area contributed by atoms with Crippen LogP contribution >= 0.6 is 0 Å². The summed E-state index contributed by atoms with van der Waals surface area (Å²) >= 11 is 0. The number of aryl methyl sites for hydroxylation is 1. The lowest BCUT2D eigenvalue weighted by atomic mass is 9.83. The van der Waals surface area contributed by atoms with E-state index in [1.165, 1.54) is 12.1 Å². The van der Waals surface area contributed by atoms with E-state index in [2.05, 4.69) is 0 Å². The highest BCUT2D eigenvalue weighted by atomic mass is 32.2. The number of ether oxygens (including phenoxy) is 3. The van der Waals surface area contributed by atoms with Crippen molar-refractivity contribution in [1.29, 1.82) is 0 Å². The molecular formula is C18H24O7S. The second kappa shape index (κ2) is 6.25. The molecule has 0 saturated carbocycles. The van der Waals surface area contributed by atoms with Crippen LogP contribution in [0.1, 0.15) is 24.8 Å². The smallest absolute Gasteiger partial charge is 0.223 e. The van der Waals surface area contributed by atoms with Crippen LogP contribution in [0, 0.1) is 6.92 Å². The maximum absolute atomic E-state index is 13.2. The van der Waals surface area contributed by atoms with Gasteiger partial charge in [-0.1, -0.05) is 17.7 Å². The van der Waals surface area contributed by atoms with E-state index in [0.29, 0.717) is 13.0 Å². The quantitative estimate of drug-likeness (QED) is 0.785. The molecule has 1 aromatic rings. The fraction of sp³-hybridized carbons (Fsp3) is 0.667. The third-order valence-electron chi connectivity index (χ3n) is 5.77. The Bertz CT molecular complexity index is 771. The molecule has 0 spiro atoms. The molecule has 3 saturated heterocycles. The van der Waals surface area contributed by atoms with E-state index in [1.54, 1.807) is 12.1 Å². The zero-order valence-electron chi connectivity index (χ0n) is 14.6. The summed E-state index contributed by atoms with van der Waals surface area (Å²) in [5.74, 6) is 0. The van der Waals surface area contributed by atoms with E-state index in [1.807, 2.05) is 6.92 Å². The van der Waals surface area contributed by atoms with Crippen LogP contribution in [0.5, 0.6) is 0 Å². The lowest BCUT2D eigenvalue weighted by Gasteiger charge is -2.40. The number of hydrogen-bond donors (Lipinski definition) is 2. The summed E-state index contributed by atoms with van der Waals surface area (Å²) in [5, 5.41) is 21.8. The maximum Gasteiger partial charge on any atom is 0.223 e. The Labute approximate surface area is 152 Å². The number of aliphatic hydroxyl groups excluding tert-OH is 1. The summed E-state index contributed by atoms with van der Waals surface area (Å²) in [6.07, 6.45) is -0.367. The topological polar surface area (TPSA) is 102 Å². The van der Waals surface area contributed by atoms with E-state index in [9.17, 15) is 18.6 Å². The van der Waals surface area contributed by atoms with Gasteiger partial charge in [-0.25, -0.2) is 8.42 Å². The van der Waals surface area contributed by atoms with Crippen molar-refractivity contribution in [1.82, 2.24) is 0 Å². The molecular weight excluding hydrogens is 360 g/mol. The Morgan fingerprint density at radius 2 is 1.88 bits per heavy atom. The van der Waals surface area contributed by atoms with Crippen molar-refractivity contribution in [3.8, 4) is 0 Å². The van der Waals surface area contributed by atoms with Crippen molar-refractivity contribution >= 4 is 9.84 Å². The fourth-order valence-corrected chi connectivity index (χ4v) is 5.94. The summed E-state index contributed by atoms with van der Waals surface area (Å²) < 4.78 is 43.7. The summed E-state index contributed by atoms with van der Waals surface area (Å²) in [7, 11) is -4.17. The number of hydrogen-bond acceptors (Lipinski definition) is 7. The van der Waals surface area contributed by atoms with Crippen molar-refractivity contribution in [3.05, 3.63) is 29.8 Å². The van der Waals surface area contributed by atoms with E-state index >= 15 is 0 Å². The van der Waals surface area contributed by atoms with Gasteiger partial charge in [0.25, 0.3) is 0 Å². The van der Waals surface area contributed by atoms with Crippen molar-refractivity contribution in [2.45, 2.75) is 59.9 Å². The van der Waals surface area contributed by atoms with Crippen LogP contribution in [-0.4, -0.2) is 67.3 Å². The number of benzene rings is 1. The second-order valence-electron chi connectivity index (χ2n) is 7.39. The van der Waals surface area contributed by atoms with Crippen LogP contribution in [0.4, 0.5) is 0 Å². The van der Waals surface area contributed by atoms with E-state index in [0.717, 1.165) is 18.4 Å². The minimum absolute atomic E-state index is 0.000415. The zero-order valence-corrected chi connectivity index (χ0v) is 15.4. The van der Waals surface area contributed by atoms with Crippen LogP contribution < -0.4 is 0 Å². The minimum atomic E-state index is -4.17. The van der Waals surface area contributed by atoms with Crippen molar-refractivity contribution in [3.63, 3.8) is 0 Å². The standard InChI is InChI=1S/C18H24O7S/c1-12-5-7-13(8-6-12)26(21,22)17(20)11-25-18(14(19)10-24-16(17)18)15-4-2-3-9-23-15/h5-8,14-16,19-20H,2-4,9-11H2,1H3/t14-,15?,16+,17-,18-/m0/s1. The van der Waals surface area contributed by atoms with E-state index < -0.39 is 45.3 Å². The summed E-state index contributed by atoms with van der Waals surface area (Å²) in [5.41, 5.74) is -0.455. The molecule has 1 aromatic carbocycles. The maximum atomic E-state index is 13.2. The number of sulfone groups is 1. The molecule has 0 amide bonds. The van der Waals surface area contributed by atoms with Gasteiger partial charge in [0.2, 0.25) is 14.8 Å². The summed E-state index contributed by atoms with van der Waals surface area (Å²) in [6.45, 7) is 1.80. The first-order valence-electron chi connectivity index (χ1n) is 8.91. The van der Waals surface area contributed by atoms with Gasteiger partial charge < -0.3 is 24.4 Å². The van der Waals surface area contributed by atoms with Gasteiger partial charge in [0.05, 0.1) is 24.2 Å². The second-order valence-corrected chi connectivity index (χ2v) is 9.57. The fourth-order valence-electron chi connectivity index (χ4n) is 4.29. The molecule has 2 N–H and O–H groups in total. The Morgan fingerprint density at radius 1 is 1.15 bits per heavy atom. The Hall–Kier alpha value is -1.03. The van der Waals surface area contributed by atoms with Gasteiger partial charge in [0.1, 0.15) is 12.2 Å². The minimum Gasteiger partial charge on any atom is -0.387 e. The van der Waals surface area contributed by atoms with Crippen molar-refractivity contribution < 1.29 is 32.8 Å². The Balaban J connectivity index is 1.75. The molecule has 0 bridgehead atoms. The molecule has 144 valence electrons. The molecule has 0 aliphatic carbocycles. The molecule has 3 aliphatic rings. The molecule has 8 heteroatoms. The lowest BCUT2D eigenvalue weighted by molar-refractivity contribution is -0.178. The van der Waals surface area contributed by atoms with Gasteiger partial charge >= 0.3 is 0 Å². The molecule has 7 nitrogen and oxygen atoms in total. The molecule has 0 radical (unpaired) electrons. The SMILES string of the molecule is Cc1ccc(S(=O)(=O)[C@@]2(O)CO[C@]3(C4CCCCO4)[C@@H](O)CO[C@@H]32)cc1. The van der Waals surface area contributed by atoms with Gasteiger partial charge in [-0.3, -0.25) is 0 Å². The molecule has 3 heterocycles. The van der Waals surface area contributed by atoms with Crippen LogP contribution in [0.3, 0.4) is 0 Å². The predicted molar refractivity (Wildman–Crippen MR) is 91.3 cm³/mol. The monoisotopic (exact) mass is 384 g/mol. The average Bonchev–Trinajstić information content (AvgIpc) is 3.14. The van der Waals surface area contributed by atoms with Crippen LogP contribution in [-0.2, 0) is 24.0 Å². The molecule has 3 fully saturated rings. The van der Waals surface area contributed by atoms with Gasteiger partial charge in [0, 0.05) is 6.61 Å². The average molecular weight is 384 g/mol. The molecule has 5 atom stereocenters. The first-order chi connectivity index (χ1) is 12.3. The zero-order chi connectivity index (χ0) is 18.6. The molecule has 26 heavy (non-hydrogen) atoms. The predicted octanol–water partition coefficient (Wildman–Crippen LogP) is 0.555. The number of aliphatic hydroxyl groups is 2. The van der Waals surface area contributed by atoms with Crippen LogP contribution in [0.2, 0.25) is 0 Å². The third-order valence-corrected chi connectivity index (χ3v) is 7.92. The Morgan fingerprint density at radius 3 is 2.54 bits per heavy atom. The van der Waals surface area contributed by atoms with Gasteiger partial charge in [-0.2, -0.15) is 0 Å². The Kier molecular flexibility index (Phi) is 4.41. The largest absolute Gasteiger partial charge is 0.387 e. The summed E-state index contributed by atoms with van der Waals surface area (Å²) in [6, 6.07) is 6.28. The van der Waals surface area contributed by atoms with Gasteiger partial charge in [0.15, 0.2) is 5.60 Å².